The van der Waals surface area contributed by atoms with Gasteiger partial charge in [-0.3, -0.25) is 0 Å². The molecule has 1 N–H and O–H groups in total. The normalized spacial score (nSPS) is 10.9. The molecule has 0 amide bonds. The van der Waals surface area contributed by atoms with Gasteiger partial charge < -0.3 is 9.98 Å². The van der Waals surface area contributed by atoms with Gasteiger partial charge in [0.15, 0.2) is 5.82 Å². The lowest BCUT2D eigenvalue weighted by atomic mass is 10.3. The SMILES string of the molecule is C/C=N\c1c(C(C)=N)ncn1C. The summed E-state index contributed by atoms with van der Waals surface area (Å²) in [6, 6.07) is 0. The third-order valence-electron chi connectivity index (χ3n) is 1.51. The molecule has 4 heteroatoms. The van der Waals surface area contributed by atoms with Gasteiger partial charge in [-0.2, -0.15) is 0 Å². The monoisotopic (exact) mass is 164 g/mol. The molecule has 64 valence electrons. The number of aliphatic imine (C=N–C) groups is 1. The Hall–Kier alpha value is -1.45. The van der Waals surface area contributed by atoms with Gasteiger partial charge in [0.1, 0.15) is 5.69 Å². The Morgan fingerprint density at radius 3 is 2.92 bits per heavy atom. The van der Waals surface area contributed by atoms with Crippen LogP contribution >= 0.6 is 0 Å². The maximum absolute atomic E-state index is 7.42. The van der Waals surface area contributed by atoms with Gasteiger partial charge in [0, 0.05) is 13.3 Å². The molecule has 0 aliphatic carbocycles. The minimum atomic E-state index is 0.441. The van der Waals surface area contributed by atoms with Gasteiger partial charge in [-0.25, -0.2) is 9.98 Å². The van der Waals surface area contributed by atoms with Crippen molar-refractivity contribution in [3.63, 3.8) is 0 Å². The van der Waals surface area contributed by atoms with E-state index in [1.54, 1.807) is 24.0 Å². The second-order valence-electron chi connectivity index (χ2n) is 2.54. The average Bonchev–Trinajstić information content (AvgIpc) is 2.34. The van der Waals surface area contributed by atoms with Crippen LogP contribution in [0.3, 0.4) is 0 Å². The Kier molecular flexibility index (Phi) is 2.38. The van der Waals surface area contributed by atoms with Gasteiger partial charge in [-0.1, -0.05) is 0 Å². The van der Waals surface area contributed by atoms with Crippen molar-refractivity contribution in [2.45, 2.75) is 13.8 Å². The fraction of sp³-hybridized carbons (Fsp3) is 0.375. The minimum absolute atomic E-state index is 0.441. The van der Waals surface area contributed by atoms with Crippen LogP contribution in [0.25, 0.3) is 0 Å². The third-order valence-corrected chi connectivity index (χ3v) is 1.51. The number of nitrogens with zero attached hydrogens (tertiary/aromatic N) is 3. The zero-order valence-corrected chi connectivity index (χ0v) is 7.50. The molecule has 0 aromatic carbocycles. The zero-order chi connectivity index (χ0) is 9.14. The quantitative estimate of drug-likeness (QED) is 0.662. The summed E-state index contributed by atoms with van der Waals surface area (Å²) < 4.78 is 1.80. The molecule has 0 unspecified atom stereocenters. The highest BCUT2D eigenvalue weighted by Crippen LogP contribution is 2.16. The van der Waals surface area contributed by atoms with E-state index < -0.39 is 0 Å². The van der Waals surface area contributed by atoms with E-state index in [0.29, 0.717) is 11.4 Å². The Bertz CT molecular complexity index is 322. The van der Waals surface area contributed by atoms with E-state index in [-0.39, 0.29) is 0 Å². The van der Waals surface area contributed by atoms with Crippen molar-refractivity contribution < 1.29 is 0 Å². The van der Waals surface area contributed by atoms with Crippen LogP contribution in [0.1, 0.15) is 19.5 Å². The highest BCUT2D eigenvalue weighted by Gasteiger charge is 2.07. The number of imidazole rings is 1. The van der Waals surface area contributed by atoms with E-state index in [2.05, 4.69) is 9.98 Å². The van der Waals surface area contributed by atoms with Crippen LogP contribution in [0.5, 0.6) is 0 Å². The molecular formula is C8H12N4. The molecular weight excluding hydrogens is 152 g/mol. The molecule has 0 aliphatic rings. The van der Waals surface area contributed by atoms with E-state index >= 15 is 0 Å². The largest absolute Gasteiger partial charge is 0.318 e. The fourth-order valence-electron chi connectivity index (χ4n) is 0.963. The van der Waals surface area contributed by atoms with E-state index in [9.17, 15) is 0 Å². The number of hydrogen-bond donors (Lipinski definition) is 1. The van der Waals surface area contributed by atoms with Gasteiger partial charge in [-0.05, 0) is 13.8 Å². The molecule has 0 saturated heterocycles. The van der Waals surface area contributed by atoms with Crippen LogP contribution in [-0.4, -0.2) is 21.5 Å². The molecule has 0 atom stereocenters. The van der Waals surface area contributed by atoms with E-state index in [0.717, 1.165) is 5.82 Å². The van der Waals surface area contributed by atoms with Gasteiger partial charge in [-0.15, -0.1) is 0 Å². The molecule has 1 heterocycles. The third kappa shape index (κ3) is 1.42. The van der Waals surface area contributed by atoms with Crippen molar-refractivity contribution in [2.75, 3.05) is 0 Å². The summed E-state index contributed by atoms with van der Waals surface area (Å²) in [4.78, 5) is 8.18. The van der Waals surface area contributed by atoms with Crippen LogP contribution in [0.4, 0.5) is 5.82 Å². The van der Waals surface area contributed by atoms with Crippen molar-refractivity contribution in [1.29, 1.82) is 5.41 Å². The maximum atomic E-state index is 7.42. The minimum Gasteiger partial charge on any atom is -0.318 e. The van der Waals surface area contributed by atoms with Crippen LogP contribution in [0.2, 0.25) is 0 Å². The van der Waals surface area contributed by atoms with Crippen LogP contribution < -0.4 is 0 Å². The summed E-state index contributed by atoms with van der Waals surface area (Å²) >= 11 is 0. The first-order chi connectivity index (χ1) is 5.66. The standard InChI is InChI=1S/C8H12N4/c1-4-10-8-7(6(2)9)11-5-12(8)3/h4-5,9H,1-3H3/b9-6?,10-4-. The van der Waals surface area contributed by atoms with Crippen molar-refractivity contribution in [3.05, 3.63) is 12.0 Å². The maximum Gasteiger partial charge on any atom is 0.161 e. The van der Waals surface area contributed by atoms with E-state index in [1.165, 1.54) is 0 Å². The van der Waals surface area contributed by atoms with E-state index in [4.69, 9.17) is 5.41 Å². The van der Waals surface area contributed by atoms with Crippen LogP contribution in [0, 0.1) is 5.41 Å². The molecule has 0 fully saturated rings. The topological polar surface area (TPSA) is 54.0 Å². The van der Waals surface area contributed by atoms with Gasteiger partial charge in [0.2, 0.25) is 0 Å². The second-order valence-corrected chi connectivity index (χ2v) is 2.54. The lowest BCUT2D eigenvalue weighted by molar-refractivity contribution is 0.912. The lowest BCUT2D eigenvalue weighted by Crippen LogP contribution is -1.93. The molecule has 0 radical (unpaired) electrons. The summed E-state index contributed by atoms with van der Waals surface area (Å²) in [7, 11) is 1.86. The van der Waals surface area contributed by atoms with Gasteiger partial charge in [0.25, 0.3) is 0 Å². The first-order valence-corrected chi connectivity index (χ1v) is 3.72. The van der Waals surface area contributed by atoms with Gasteiger partial charge >= 0.3 is 0 Å². The van der Waals surface area contributed by atoms with Crippen molar-refractivity contribution >= 4 is 17.7 Å². The summed E-state index contributed by atoms with van der Waals surface area (Å²) in [5, 5.41) is 7.42. The van der Waals surface area contributed by atoms with Crippen molar-refractivity contribution in [3.8, 4) is 0 Å². The molecule has 1 rings (SSSR count). The summed E-state index contributed by atoms with van der Waals surface area (Å²) in [5.41, 5.74) is 1.09. The Morgan fingerprint density at radius 2 is 2.42 bits per heavy atom. The highest BCUT2D eigenvalue weighted by molar-refractivity contribution is 5.98. The van der Waals surface area contributed by atoms with Crippen LogP contribution in [0.15, 0.2) is 11.3 Å². The number of aromatic nitrogens is 2. The Balaban J connectivity index is 3.21. The molecule has 0 aliphatic heterocycles. The van der Waals surface area contributed by atoms with Crippen molar-refractivity contribution in [2.24, 2.45) is 12.0 Å². The fourth-order valence-corrected chi connectivity index (χ4v) is 0.963. The number of hydrogen-bond acceptors (Lipinski definition) is 3. The predicted octanol–water partition coefficient (Wildman–Crippen LogP) is 1.53. The highest BCUT2D eigenvalue weighted by atomic mass is 15.1. The number of aryl methyl sites for hydroxylation is 1. The summed E-state index contributed by atoms with van der Waals surface area (Å²) in [6.07, 6.45) is 3.36. The average molecular weight is 164 g/mol. The molecule has 12 heavy (non-hydrogen) atoms. The number of nitrogens with one attached hydrogen (secondary N) is 1. The summed E-state index contributed by atoms with van der Waals surface area (Å²) in [6.45, 7) is 3.55. The molecule has 0 saturated carbocycles. The Labute approximate surface area is 71.5 Å². The molecule has 0 spiro atoms. The second kappa shape index (κ2) is 3.30. The lowest BCUT2D eigenvalue weighted by Gasteiger charge is -1.96. The molecule has 1 aromatic heterocycles. The molecule has 0 bridgehead atoms. The van der Waals surface area contributed by atoms with Gasteiger partial charge in [0.05, 0.1) is 12.0 Å². The summed E-state index contributed by atoms with van der Waals surface area (Å²) in [5.74, 6) is 0.741. The number of rotatable bonds is 2. The predicted molar refractivity (Wildman–Crippen MR) is 49.5 cm³/mol. The Morgan fingerprint density at radius 1 is 1.75 bits per heavy atom. The first-order valence-electron chi connectivity index (χ1n) is 3.72. The van der Waals surface area contributed by atoms with E-state index in [1.807, 2.05) is 14.0 Å². The molecule has 1 aromatic rings. The first kappa shape index (κ1) is 8.64. The van der Waals surface area contributed by atoms with Crippen LogP contribution in [-0.2, 0) is 7.05 Å². The van der Waals surface area contributed by atoms with Crippen molar-refractivity contribution in [1.82, 2.24) is 9.55 Å². The smallest absolute Gasteiger partial charge is 0.161 e. The molecule has 4 nitrogen and oxygen atoms in total. The zero-order valence-electron chi connectivity index (χ0n) is 7.50.